The summed E-state index contributed by atoms with van der Waals surface area (Å²) in [4.78, 5) is 17.6. The lowest BCUT2D eigenvalue weighted by atomic mass is 9.89. The number of nitrogens with two attached hydrogens (primary N) is 1. The average Bonchev–Trinajstić information content (AvgIpc) is 3.00. The van der Waals surface area contributed by atoms with Gasteiger partial charge in [-0.05, 0) is 17.0 Å². The molecule has 0 saturated heterocycles. The van der Waals surface area contributed by atoms with E-state index in [-0.39, 0.29) is 11.9 Å². The van der Waals surface area contributed by atoms with Gasteiger partial charge in [-0.15, -0.1) is 11.3 Å². The number of benzene rings is 1. The maximum Gasteiger partial charge on any atom is 0.260 e. The van der Waals surface area contributed by atoms with Crippen LogP contribution in [0.5, 0.6) is 0 Å². The number of rotatable bonds is 3. The molecule has 1 aromatic carbocycles. The number of aliphatic imine (C=N–C) groups is 1. The van der Waals surface area contributed by atoms with Gasteiger partial charge in [-0.3, -0.25) is 10.1 Å². The fourth-order valence-corrected chi connectivity index (χ4v) is 3.15. The fraction of sp³-hybridized carbons (Fsp3) is 0.143. The zero-order chi connectivity index (χ0) is 13.3. The van der Waals surface area contributed by atoms with Crippen LogP contribution in [0.3, 0.4) is 0 Å². The molecule has 5 heteroatoms. The van der Waals surface area contributed by atoms with Crippen molar-refractivity contribution in [3.8, 4) is 0 Å². The number of nitrogens with one attached hydrogen (secondary N) is 1. The summed E-state index contributed by atoms with van der Waals surface area (Å²) in [6.07, 6.45) is 0.515. The first-order valence-electron chi connectivity index (χ1n) is 5.95. The summed E-state index contributed by atoms with van der Waals surface area (Å²) in [5.74, 6) is 0.0330. The lowest BCUT2D eigenvalue weighted by molar-refractivity contribution is -0.123. The highest BCUT2D eigenvalue weighted by Gasteiger charge is 2.45. The molecule has 2 aromatic rings. The third kappa shape index (κ3) is 2.02. The number of carbonyl (C=O) groups excluding carboxylic acids is 1. The van der Waals surface area contributed by atoms with Crippen molar-refractivity contribution in [1.29, 1.82) is 0 Å². The Bertz CT molecular complexity index is 621. The zero-order valence-corrected chi connectivity index (χ0v) is 11.0. The average molecular weight is 271 g/mol. The highest BCUT2D eigenvalue weighted by molar-refractivity contribution is 7.10. The van der Waals surface area contributed by atoms with Crippen molar-refractivity contribution in [2.24, 2.45) is 10.7 Å². The molecule has 0 saturated carbocycles. The first-order valence-corrected chi connectivity index (χ1v) is 6.83. The Morgan fingerprint density at radius 1 is 1.21 bits per heavy atom. The topological polar surface area (TPSA) is 67.5 Å². The summed E-state index contributed by atoms with van der Waals surface area (Å²) in [7, 11) is 0. The van der Waals surface area contributed by atoms with Crippen molar-refractivity contribution in [3.63, 3.8) is 0 Å². The molecular formula is C14H13N3OS. The van der Waals surface area contributed by atoms with E-state index in [4.69, 9.17) is 5.73 Å². The second-order valence-corrected chi connectivity index (χ2v) is 5.40. The van der Waals surface area contributed by atoms with E-state index in [2.05, 4.69) is 10.3 Å². The third-order valence-corrected chi connectivity index (χ3v) is 4.18. The van der Waals surface area contributed by atoms with Crippen LogP contribution < -0.4 is 11.1 Å². The van der Waals surface area contributed by atoms with Crippen molar-refractivity contribution in [3.05, 3.63) is 58.3 Å². The second-order valence-electron chi connectivity index (χ2n) is 4.45. The number of guanidine groups is 1. The Hall–Kier alpha value is -2.14. The molecule has 0 aliphatic carbocycles. The van der Waals surface area contributed by atoms with E-state index in [0.29, 0.717) is 6.42 Å². The summed E-state index contributed by atoms with van der Waals surface area (Å²) in [6.45, 7) is 0. The number of hydrogen-bond donors (Lipinski definition) is 2. The van der Waals surface area contributed by atoms with Gasteiger partial charge < -0.3 is 5.73 Å². The van der Waals surface area contributed by atoms with Crippen molar-refractivity contribution in [1.82, 2.24) is 5.32 Å². The van der Waals surface area contributed by atoms with Crippen LogP contribution in [-0.4, -0.2) is 11.9 Å². The van der Waals surface area contributed by atoms with E-state index in [9.17, 15) is 4.79 Å². The maximum atomic E-state index is 12.3. The molecule has 3 N–H and O–H groups in total. The molecule has 19 heavy (non-hydrogen) atoms. The molecule has 1 aliphatic heterocycles. The minimum absolute atomic E-state index is 0.156. The highest BCUT2D eigenvalue weighted by atomic mass is 32.1. The quantitative estimate of drug-likeness (QED) is 0.891. The zero-order valence-electron chi connectivity index (χ0n) is 10.2. The summed E-state index contributed by atoms with van der Waals surface area (Å²) < 4.78 is 0. The predicted octanol–water partition coefficient (Wildman–Crippen LogP) is 1.63. The van der Waals surface area contributed by atoms with Gasteiger partial charge in [0, 0.05) is 11.3 Å². The van der Waals surface area contributed by atoms with Crippen LogP contribution in [0.25, 0.3) is 0 Å². The Labute approximate surface area is 115 Å². The molecule has 4 nitrogen and oxygen atoms in total. The summed E-state index contributed by atoms with van der Waals surface area (Å²) in [5, 5.41) is 4.56. The van der Waals surface area contributed by atoms with Gasteiger partial charge in [-0.2, -0.15) is 0 Å². The number of carbonyl (C=O) groups is 1. The minimum atomic E-state index is -0.917. The predicted molar refractivity (Wildman–Crippen MR) is 75.9 cm³/mol. The molecule has 3 rings (SSSR count). The van der Waals surface area contributed by atoms with Crippen molar-refractivity contribution in [2.45, 2.75) is 12.0 Å². The second kappa shape index (κ2) is 4.51. The van der Waals surface area contributed by atoms with Crippen molar-refractivity contribution >= 4 is 23.2 Å². The van der Waals surface area contributed by atoms with E-state index in [1.807, 2.05) is 47.8 Å². The highest BCUT2D eigenvalue weighted by Crippen LogP contribution is 2.35. The molecule has 96 valence electrons. The Morgan fingerprint density at radius 3 is 2.58 bits per heavy atom. The molecular weight excluding hydrogens is 258 g/mol. The van der Waals surface area contributed by atoms with E-state index in [1.165, 1.54) is 11.3 Å². The molecule has 0 fully saturated rings. The van der Waals surface area contributed by atoms with Crippen LogP contribution in [-0.2, 0) is 16.8 Å². The Kier molecular flexibility index (Phi) is 2.83. The van der Waals surface area contributed by atoms with Gasteiger partial charge in [0.15, 0.2) is 11.5 Å². The lowest BCUT2D eigenvalue weighted by Gasteiger charge is -2.22. The largest absolute Gasteiger partial charge is 0.370 e. The Morgan fingerprint density at radius 2 is 2.00 bits per heavy atom. The van der Waals surface area contributed by atoms with E-state index in [1.54, 1.807) is 0 Å². The van der Waals surface area contributed by atoms with Crippen LogP contribution in [0.1, 0.15) is 10.4 Å². The molecule has 0 radical (unpaired) electrons. The normalized spacial score (nSPS) is 22.1. The van der Waals surface area contributed by atoms with Crippen molar-refractivity contribution in [2.75, 3.05) is 0 Å². The lowest BCUT2D eigenvalue weighted by Crippen LogP contribution is -2.39. The molecule has 1 aliphatic rings. The van der Waals surface area contributed by atoms with E-state index < -0.39 is 5.54 Å². The minimum Gasteiger partial charge on any atom is -0.370 e. The summed E-state index contributed by atoms with van der Waals surface area (Å²) >= 11 is 1.52. The number of nitrogens with zero attached hydrogens (tertiary/aromatic N) is 1. The van der Waals surface area contributed by atoms with E-state index >= 15 is 0 Å². The molecule has 1 atom stereocenters. The molecule has 0 bridgehead atoms. The van der Waals surface area contributed by atoms with Gasteiger partial charge in [-0.1, -0.05) is 36.4 Å². The van der Waals surface area contributed by atoms with Crippen LogP contribution in [0.4, 0.5) is 0 Å². The number of amides is 1. The van der Waals surface area contributed by atoms with Gasteiger partial charge in [0.1, 0.15) is 0 Å². The molecule has 2 heterocycles. The molecule has 0 unspecified atom stereocenters. The molecule has 1 aromatic heterocycles. The fourth-order valence-electron chi connectivity index (χ4n) is 2.28. The number of hydrogen-bond acceptors (Lipinski definition) is 4. The van der Waals surface area contributed by atoms with Crippen LogP contribution >= 0.6 is 11.3 Å². The summed E-state index contributed by atoms with van der Waals surface area (Å²) in [6, 6.07) is 13.7. The first kappa shape index (κ1) is 11.9. The van der Waals surface area contributed by atoms with E-state index in [0.717, 1.165) is 10.4 Å². The monoisotopic (exact) mass is 271 g/mol. The van der Waals surface area contributed by atoms with Gasteiger partial charge in [0.25, 0.3) is 5.91 Å². The SMILES string of the molecule is NC1=N[C@@](Cc2ccccc2)(c2cccs2)C(=O)N1. The number of thiophene rings is 1. The molecule has 0 spiro atoms. The standard InChI is InChI=1S/C14H13N3OS/c15-13-16-12(18)14(17-13,11-7-4-8-19-11)9-10-5-2-1-3-6-10/h1-8H,9H2,(H3,15,16,17,18)/t14-/m0/s1. The van der Waals surface area contributed by atoms with Gasteiger partial charge in [0.2, 0.25) is 0 Å². The smallest absolute Gasteiger partial charge is 0.260 e. The Balaban J connectivity index is 2.06. The van der Waals surface area contributed by atoms with Crippen molar-refractivity contribution < 1.29 is 4.79 Å². The molecule has 1 amide bonds. The van der Waals surface area contributed by atoms with Gasteiger partial charge >= 0.3 is 0 Å². The van der Waals surface area contributed by atoms with Crippen LogP contribution in [0.2, 0.25) is 0 Å². The third-order valence-electron chi connectivity index (χ3n) is 3.16. The maximum absolute atomic E-state index is 12.3. The van der Waals surface area contributed by atoms with Gasteiger partial charge in [0.05, 0.1) is 0 Å². The van der Waals surface area contributed by atoms with Gasteiger partial charge in [-0.25, -0.2) is 4.99 Å². The van der Waals surface area contributed by atoms with Crippen LogP contribution in [0.15, 0.2) is 52.8 Å². The summed E-state index contributed by atoms with van der Waals surface area (Å²) in [5.41, 5.74) is 5.83. The van der Waals surface area contributed by atoms with Crippen LogP contribution in [0, 0.1) is 0 Å². The first-order chi connectivity index (χ1) is 9.21.